The molecule has 1 aliphatic heterocycles. The van der Waals surface area contributed by atoms with Crippen molar-refractivity contribution in [3.05, 3.63) is 33.9 Å². The van der Waals surface area contributed by atoms with Crippen molar-refractivity contribution in [3.63, 3.8) is 0 Å². The number of hydrogen-bond donors (Lipinski definition) is 0. The van der Waals surface area contributed by atoms with Gasteiger partial charge >= 0.3 is 6.09 Å². The average molecular weight is 294 g/mol. The minimum atomic E-state index is -0.588. The van der Waals surface area contributed by atoms with Gasteiger partial charge in [-0.15, -0.1) is 0 Å². The van der Waals surface area contributed by atoms with Gasteiger partial charge in [0.05, 0.1) is 18.0 Å². The van der Waals surface area contributed by atoms with Gasteiger partial charge in [0.25, 0.3) is 5.69 Å². The number of rotatable bonds is 1. The molecule has 21 heavy (non-hydrogen) atoms. The molecule has 0 N–H and O–H groups in total. The fourth-order valence-electron chi connectivity index (χ4n) is 1.98. The first-order valence-corrected chi connectivity index (χ1v) is 6.64. The van der Waals surface area contributed by atoms with Gasteiger partial charge < -0.3 is 14.4 Å². The summed E-state index contributed by atoms with van der Waals surface area (Å²) in [5.41, 5.74) is -0.00796. The summed E-state index contributed by atoms with van der Waals surface area (Å²) in [7, 11) is 0. The van der Waals surface area contributed by atoms with Crippen molar-refractivity contribution < 1.29 is 19.2 Å². The molecule has 0 fully saturated rings. The molecule has 1 heterocycles. The van der Waals surface area contributed by atoms with Gasteiger partial charge in [-0.2, -0.15) is 0 Å². The molecule has 0 radical (unpaired) electrons. The highest BCUT2D eigenvalue weighted by atomic mass is 16.6. The molecule has 2 rings (SSSR count). The summed E-state index contributed by atoms with van der Waals surface area (Å²) in [5.74, 6) is 0.562. The van der Waals surface area contributed by atoms with Crippen molar-refractivity contribution in [3.8, 4) is 5.75 Å². The molecule has 114 valence electrons. The van der Waals surface area contributed by atoms with Crippen LogP contribution in [0.15, 0.2) is 18.2 Å². The van der Waals surface area contributed by atoms with Gasteiger partial charge in [0.15, 0.2) is 0 Å². The maximum Gasteiger partial charge on any atom is 0.410 e. The molecular weight excluding hydrogens is 276 g/mol. The Morgan fingerprint density at radius 1 is 1.43 bits per heavy atom. The summed E-state index contributed by atoms with van der Waals surface area (Å²) in [4.78, 5) is 24.0. The molecule has 0 bridgehead atoms. The summed E-state index contributed by atoms with van der Waals surface area (Å²) in [6.07, 6.45) is -0.453. The van der Waals surface area contributed by atoms with Crippen LogP contribution in [0.3, 0.4) is 0 Å². The number of nitro groups is 1. The van der Waals surface area contributed by atoms with E-state index in [9.17, 15) is 14.9 Å². The van der Waals surface area contributed by atoms with Crippen molar-refractivity contribution in [1.82, 2.24) is 4.90 Å². The van der Waals surface area contributed by atoms with Crippen LogP contribution < -0.4 is 4.74 Å². The van der Waals surface area contributed by atoms with Crippen molar-refractivity contribution in [2.45, 2.75) is 32.9 Å². The summed E-state index contributed by atoms with van der Waals surface area (Å²) >= 11 is 0. The zero-order chi connectivity index (χ0) is 15.6. The lowest BCUT2D eigenvalue weighted by Gasteiger charge is -2.26. The van der Waals surface area contributed by atoms with Crippen molar-refractivity contribution >= 4 is 11.8 Å². The second kappa shape index (κ2) is 5.59. The molecule has 1 aromatic carbocycles. The van der Waals surface area contributed by atoms with Gasteiger partial charge in [0.1, 0.15) is 18.0 Å². The molecule has 1 aliphatic rings. The number of hydrogen-bond acceptors (Lipinski definition) is 5. The Bertz CT molecular complexity index is 565. The Morgan fingerprint density at radius 3 is 2.76 bits per heavy atom. The zero-order valence-corrected chi connectivity index (χ0v) is 12.3. The van der Waals surface area contributed by atoms with E-state index in [4.69, 9.17) is 9.47 Å². The maximum atomic E-state index is 12.1. The normalized spacial score (nSPS) is 14.7. The lowest BCUT2D eigenvalue weighted by atomic mass is 10.1. The van der Waals surface area contributed by atoms with Crippen LogP contribution in [0, 0.1) is 10.1 Å². The van der Waals surface area contributed by atoms with Crippen molar-refractivity contribution in [2.24, 2.45) is 0 Å². The lowest BCUT2D eigenvalue weighted by molar-refractivity contribution is -0.384. The number of benzene rings is 1. The molecular formula is C14H18N2O5. The smallest absolute Gasteiger partial charge is 0.410 e. The second-order valence-corrected chi connectivity index (χ2v) is 5.80. The largest absolute Gasteiger partial charge is 0.491 e. The van der Waals surface area contributed by atoms with Crippen molar-refractivity contribution in [2.75, 3.05) is 13.2 Å². The standard InChI is InChI=1S/C14H18N2O5/c1-14(2,3)21-13(17)15-6-7-20-12-5-4-11(16(18)19)8-10(12)9-15/h4-5,8H,6-7,9H2,1-3H3. The first kappa shape index (κ1) is 15.1. The molecule has 0 saturated heterocycles. The first-order valence-electron chi connectivity index (χ1n) is 6.64. The minimum absolute atomic E-state index is 0.0246. The number of amides is 1. The Morgan fingerprint density at radius 2 is 2.14 bits per heavy atom. The van der Waals surface area contributed by atoms with Crippen LogP contribution in [0.1, 0.15) is 26.3 Å². The monoisotopic (exact) mass is 294 g/mol. The van der Waals surface area contributed by atoms with Crippen LogP contribution in [0.5, 0.6) is 5.75 Å². The Hall–Kier alpha value is -2.31. The quantitative estimate of drug-likeness (QED) is 0.587. The predicted molar refractivity (Wildman–Crippen MR) is 75.2 cm³/mol. The lowest BCUT2D eigenvalue weighted by Crippen LogP contribution is -2.37. The maximum absolute atomic E-state index is 12.1. The fourth-order valence-corrected chi connectivity index (χ4v) is 1.98. The molecule has 0 saturated carbocycles. The van der Waals surface area contributed by atoms with Crippen molar-refractivity contribution in [1.29, 1.82) is 0 Å². The molecule has 0 aromatic heterocycles. The number of nitrogens with zero attached hydrogens (tertiary/aromatic N) is 2. The van der Waals surface area contributed by atoms with Crippen LogP contribution >= 0.6 is 0 Å². The average Bonchev–Trinajstić information content (AvgIpc) is 2.57. The van der Waals surface area contributed by atoms with E-state index in [1.165, 1.54) is 17.0 Å². The van der Waals surface area contributed by atoms with E-state index in [-0.39, 0.29) is 12.2 Å². The van der Waals surface area contributed by atoms with Gasteiger partial charge in [0.2, 0.25) is 0 Å². The summed E-state index contributed by atoms with van der Waals surface area (Å²) in [6.45, 7) is 6.29. The number of ether oxygens (including phenoxy) is 2. The van der Waals surface area contributed by atoms with Gasteiger partial charge in [-0.1, -0.05) is 0 Å². The predicted octanol–water partition coefficient (Wildman–Crippen LogP) is 2.72. The van der Waals surface area contributed by atoms with E-state index in [1.807, 2.05) is 0 Å². The van der Waals surface area contributed by atoms with Crippen LogP contribution in [-0.4, -0.2) is 34.7 Å². The highest BCUT2D eigenvalue weighted by Crippen LogP contribution is 2.28. The number of carbonyl (C=O) groups is 1. The summed E-state index contributed by atoms with van der Waals surface area (Å²) in [6, 6.07) is 4.38. The van der Waals surface area contributed by atoms with E-state index in [1.54, 1.807) is 26.8 Å². The molecule has 0 unspecified atom stereocenters. The zero-order valence-electron chi connectivity index (χ0n) is 12.3. The van der Waals surface area contributed by atoms with E-state index < -0.39 is 16.6 Å². The van der Waals surface area contributed by atoms with E-state index in [0.717, 1.165) is 0 Å². The van der Waals surface area contributed by atoms with Gasteiger partial charge in [-0.3, -0.25) is 10.1 Å². The fraction of sp³-hybridized carbons (Fsp3) is 0.500. The van der Waals surface area contributed by atoms with Crippen LogP contribution in [0.2, 0.25) is 0 Å². The van der Waals surface area contributed by atoms with Gasteiger partial charge in [-0.25, -0.2) is 4.79 Å². The topological polar surface area (TPSA) is 81.9 Å². The first-order chi connectivity index (χ1) is 9.76. The Kier molecular flexibility index (Phi) is 4.02. The molecule has 0 spiro atoms. The van der Waals surface area contributed by atoms with E-state index >= 15 is 0 Å². The molecule has 7 nitrogen and oxygen atoms in total. The number of carbonyl (C=O) groups excluding carboxylic acids is 1. The third-order valence-corrected chi connectivity index (χ3v) is 2.89. The van der Waals surface area contributed by atoms with Gasteiger partial charge in [0, 0.05) is 17.7 Å². The van der Waals surface area contributed by atoms with E-state index in [0.29, 0.717) is 24.5 Å². The molecule has 0 atom stereocenters. The minimum Gasteiger partial charge on any atom is -0.491 e. The highest BCUT2D eigenvalue weighted by molar-refractivity contribution is 5.68. The third-order valence-electron chi connectivity index (χ3n) is 2.89. The second-order valence-electron chi connectivity index (χ2n) is 5.80. The SMILES string of the molecule is CC(C)(C)OC(=O)N1CCOc2ccc([N+](=O)[O-])cc2C1. The summed E-state index contributed by atoms with van der Waals surface area (Å²) in [5, 5.41) is 10.8. The van der Waals surface area contributed by atoms with Crippen LogP contribution in [-0.2, 0) is 11.3 Å². The summed E-state index contributed by atoms with van der Waals surface area (Å²) < 4.78 is 10.8. The Balaban J connectivity index is 2.21. The van der Waals surface area contributed by atoms with E-state index in [2.05, 4.69) is 0 Å². The molecule has 1 aromatic rings. The van der Waals surface area contributed by atoms with Crippen LogP contribution in [0.25, 0.3) is 0 Å². The number of fused-ring (bicyclic) bond motifs is 1. The molecule has 1 amide bonds. The van der Waals surface area contributed by atoms with Gasteiger partial charge in [-0.05, 0) is 26.8 Å². The number of non-ortho nitro benzene ring substituents is 1. The molecule has 0 aliphatic carbocycles. The highest BCUT2D eigenvalue weighted by Gasteiger charge is 2.26. The molecule has 7 heteroatoms. The third kappa shape index (κ3) is 3.84. The number of nitro benzene ring substituents is 1. The Labute approximate surface area is 122 Å². The van der Waals surface area contributed by atoms with Crippen LogP contribution in [0.4, 0.5) is 10.5 Å².